The van der Waals surface area contributed by atoms with Crippen LogP contribution in [-0.4, -0.2) is 13.2 Å². The van der Waals surface area contributed by atoms with E-state index in [0.29, 0.717) is 19.1 Å². The van der Waals surface area contributed by atoms with Crippen LogP contribution in [0.2, 0.25) is 0 Å². The summed E-state index contributed by atoms with van der Waals surface area (Å²) in [5, 5.41) is 0.000187. The first kappa shape index (κ1) is 13.0. The van der Waals surface area contributed by atoms with Gasteiger partial charge in [-0.25, -0.2) is 0 Å². The van der Waals surface area contributed by atoms with Gasteiger partial charge in [0.1, 0.15) is 13.2 Å². The Morgan fingerprint density at radius 2 is 1.82 bits per heavy atom. The Morgan fingerprint density at radius 1 is 1.24 bits per heavy atom. The highest BCUT2D eigenvalue weighted by atomic mass is 79.9. The number of alkyl halides is 1. The second kappa shape index (κ2) is 5.49. The van der Waals surface area contributed by atoms with Gasteiger partial charge in [-0.3, -0.25) is 0 Å². The Balaban J connectivity index is 2.28. The molecule has 1 aliphatic heterocycles. The molecule has 0 N–H and O–H groups in total. The van der Waals surface area contributed by atoms with E-state index in [2.05, 4.69) is 29.8 Å². The normalized spacial score (nSPS) is 16.1. The van der Waals surface area contributed by atoms with E-state index in [1.807, 2.05) is 12.1 Å². The molecule has 0 aliphatic carbocycles. The van der Waals surface area contributed by atoms with Crippen molar-refractivity contribution >= 4 is 27.5 Å². The minimum atomic E-state index is 0.000187. The number of fused-ring (bicyclic) bond motifs is 1. The highest BCUT2D eigenvalue weighted by molar-refractivity contribution is 9.10. The first-order valence-corrected chi connectivity index (χ1v) is 7.04. The quantitative estimate of drug-likeness (QED) is 0.761. The maximum atomic E-state index is 6.42. The van der Waals surface area contributed by atoms with Gasteiger partial charge in [0.25, 0.3) is 0 Å². The second-order valence-electron chi connectivity index (χ2n) is 4.61. The third-order valence-electron chi connectivity index (χ3n) is 2.68. The summed E-state index contributed by atoms with van der Waals surface area (Å²) in [7, 11) is 0. The minimum absolute atomic E-state index is 0.000187. The molecule has 1 aromatic rings. The molecular weight excluding hydrogens is 303 g/mol. The van der Waals surface area contributed by atoms with Gasteiger partial charge >= 0.3 is 0 Å². The molecule has 1 aromatic carbocycles. The number of halogens is 2. The molecular formula is C13H16BrClO2. The first-order chi connectivity index (χ1) is 8.08. The Hall–Kier alpha value is -0.410. The molecule has 4 heteroatoms. The maximum Gasteiger partial charge on any atom is 0.162 e. The van der Waals surface area contributed by atoms with Crippen LogP contribution in [0.3, 0.4) is 0 Å². The van der Waals surface area contributed by atoms with Crippen LogP contribution in [0.5, 0.6) is 11.5 Å². The predicted molar refractivity (Wildman–Crippen MR) is 73.2 cm³/mol. The van der Waals surface area contributed by atoms with Crippen LogP contribution in [-0.2, 0) is 0 Å². The lowest BCUT2D eigenvalue weighted by Gasteiger charge is -2.21. The van der Waals surface area contributed by atoms with Crippen molar-refractivity contribution in [2.24, 2.45) is 5.92 Å². The highest BCUT2D eigenvalue weighted by Gasteiger charge is 2.19. The zero-order valence-corrected chi connectivity index (χ0v) is 12.3. The van der Waals surface area contributed by atoms with Crippen molar-refractivity contribution in [2.45, 2.75) is 25.6 Å². The Morgan fingerprint density at radius 3 is 2.41 bits per heavy atom. The van der Waals surface area contributed by atoms with E-state index in [1.54, 1.807) is 0 Å². The van der Waals surface area contributed by atoms with Gasteiger partial charge in [-0.1, -0.05) is 29.8 Å². The summed E-state index contributed by atoms with van der Waals surface area (Å²) in [6.07, 6.45) is 0.944. The third-order valence-corrected chi connectivity index (χ3v) is 3.78. The van der Waals surface area contributed by atoms with Crippen LogP contribution in [0.4, 0.5) is 0 Å². The summed E-state index contributed by atoms with van der Waals surface area (Å²) in [5.74, 6) is 2.15. The van der Waals surface area contributed by atoms with Crippen molar-refractivity contribution in [3.8, 4) is 11.5 Å². The van der Waals surface area contributed by atoms with E-state index in [4.69, 9.17) is 21.1 Å². The molecule has 1 unspecified atom stereocenters. The van der Waals surface area contributed by atoms with Gasteiger partial charge in [0.05, 0.1) is 5.38 Å². The Labute approximate surface area is 115 Å². The van der Waals surface area contributed by atoms with Crippen LogP contribution in [0.15, 0.2) is 16.6 Å². The monoisotopic (exact) mass is 318 g/mol. The molecule has 94 valence electrons. The highest BCUT2D eigenvalue weighted by Crippen LogP contribution is 2.41. The van der Waals surface area contributed by atoms with Gasteiger partial charge in [0.2, 0.25) is 0 Å². The van der Waals surface area contributed by atoms with Gasteiger partial charge in [-0.2, -0.15) is 0 Å². The largest absolute Gasteiger partial charge is 0.486 e. The number of benzene rings is 1. The molecule has 1 atom stereocenters. The topological polar surface area (TPSA) is 18.5 Å². The summed E-state index contributed by atoms with van der Waals surface area (Å²) in [5.41, 5.74) is 1.07. The molecule has 17 heavy (non-hydrogen) atoms. The van der Waals surface area contributed by atoms with Gasteiger partial charge in [0, 0.05) is 4.47 Å². The van der Waals surface area contributed by atoms with Gasteiger partial charge in [-0.15, -0.1) is 11.6 Å². The fraction of sp³-hybridized carbons (Fsp3) is 0.538. The van der Waals surface area contributed by atoms with Crippen molar-refractivity contribution in [3.05, 3.63) is 22.2 Å². The first-order valence-electron chi connectivity index (χ1n) is 5.81. The van der Waals surface area contributed by atoms with E-state index < -0.39 is 0 Å². The lowest BCUT2D eigenvalue weighted by Crippen LogP contribution is -2.15. The molecule has 0 aromatic heterocycles. The molecule has 1 heterocycles. The average molecular weight is 320 g/mol. The van der Waals surface area contributed by atoms with Crippen molar-refractivity contribution in [2.75, 3.05) is 13.2 Å². The fourth-order valence-electron chi connectivity index (χ4n) is 1.86. The van der Waals surface area contributed by atoms with Crippen LogP contribution in [0.25, 0.3) is 0 Å². The Bertz CT molecular complexity index is 407. The van der Waals surface area contributed by atoms with Gasteiger partial charge in [0.15, 0.2) is 11.5 Å². The molecule has 0 amide bonds. The zero-order valence-electron chi connectivity index (χ0n) is 10.0. The summed E-state index contributed by atoms with van der Waals surface area (Å²) >= 11 is 9.97. The average Bonchev–Trinajstić information content (AvgIpc) is 2.27. The summed E-state index contributed by atoms with van der Waals surface area (Å²) in [6, 6.07) is 3.93. The summed E-state index contributed by atoms with van der Waals surface area (Å²) in [4.78, 5) is 0. The fourth-order valence-corrected chi connectivity index (χ4v) is 3.13. The predicted octanol–water partition coefficient (Wildman–Crippen LogP) is 4.55. The minimum Gasteiger partial charge on any atom is -0.486 e. The molecule has 1 aliphatic rings. The molecule has 0 bridgehead atoms. The van der Waals surface area contributed by atoms with Crippen LogP contribution < -0.4 is 9.47 Å². The summed E-state index contributed by atoms with van der Waals surface area (Å²) < 4.78 is 12.1. The van der Waals surface area contributed by atoms with Gasteiger partial charge in [-0.05, 0) is 30.0 Å². The SMILES string of the molecule is CC(C)CC(Cl)c1cc2c(cc1Br)OCCO2. The molecule has 2 rings (SSSR count). The Kier molecular flexibility index (Phi) is 4.21. The molecule has 0 fully saturated rings. The molecule has 2 nitrogen and oxygen atoms in total. The summed E-state index contributed by atoms with van der Waals surface area (Å²) in [6.45, 7) is 5.54. The number of rotatable bonds is 3. The smallest absolute Gasteiger partial charge is 0.162 e. The lowest BCUT2D eigenvalue weighted by atomic mass is 10.0. The van der Waals surface area contributed by atoms with Gasteiger partial charge < -0.3 is 9.47 Å². The van der Waals surface area contributed by atoms with E-state index in [-0.39, 0.29) is 5.38 Å². The second-order valence-corrected chi connectivity index (χ2v) is 6.00. The van der Waals surface area contributed by atoms with Crippen molar-refractivity contribution in [3.63, 3.8) is 0 Å². The lowest BCUT2D eigenvalue weighted by molar-refractivity contribution is 0.171. The number of hydrogen-bond donors (Lipinski definition) is 0. The molecule has 0 saturated carbocycles. The molecule has 0 spiro atoms. The van der Waals surface area contributed by atoms with Crippen molar-refractivity contribution in [1.82, 2.24) is 0 Å². The van der Waals surface area contributed by atoms with E-state index in [9.17, 15) is 0 Å². The van der Waals surface area contributed by atoms with Crippen LogP contribution in [0, 0.1) is 5.92 Å². The number of hydrogen-bond acceptors (Lipinski definition) is 2. The molecule has 0 radical (unpaired) electrons. The standard InChI is InChI=1S/C13H16BrClO2/c1-8(2)5-11(15)9-6-12-13(7-10(9)14)17-4-3-16-12/h6-8,11H,3-5H2,1-2H3. The zero-order chi connectivity index (χ0) is 12.4. The van der Waals surface area contributed by atoms with Crippen molar-refractivity contribution < 1.29 is 9.47 Å². The number of ether oxygens (including phenoxy) is 2. The third kappa shape index (κ3) is 3.08. The van der Waals surface area contributed by atoms with Crippen molar-refractivity contribution in [1.29, 1.82) is 0 Å². The van der Waals surface area contributed by atoms with Crippen LogP contribution >= 0.6 is 27.5 Å². The van der Waals surface area contributed by atoms with Crippen LogP contribution in [0.1, 0.15) is 31.2 Å². The molecule has 0 saturated heterocycles. The maximum absolute atomic E-state index is 6.42. The van der Waals surface area contributed by atoms with E-state index >= 15 is 0 Å². The van der Waals surface area contributed by atoms with E-state index in [1.165, 1.54) is 0 Å². The van der Waals surface area contributed by atoms with E-state index in [0.717, 1.165) is 28.0 Å².